The van der Waals surface area contributed by atoms with E-state index < -0.39 is 24.5 Å². The summed E-state index contributed by atoms with van der Waals surface area (Å²) in [6.45, 7) is 4.75. The Hall–Kier alpha value is -3.08. The van der Waals surface area contributed by atoms with Gasteiger partial charge in [0, 0.05) is 60.3 Å². The largest absolute Gasteiger partial charge is 0.394 e. The van der Waals surface area contributed by atoms with Crippen LogP contribution in [0.4, 0.5) is 16.2 Å². The molecule has 3 unspecified atom stereocenters. The SMILES string of the molecule is CCCCC1(CCCC)CSc2ccc(N(C)C)cc2[C@@H](c2cccc(NC(=O)N[C@H]3CC(OCc4ccccc4)CC(CO)O3)c2)C1O. The monoisotopic (exact) mass is 689 g/mol. The molecule has 1 fully saturated rings. The van der Waals surface area contributed by atoms with Crippen LogP contribution in [0.25, 0.3) is 0 Å². The summed E-state index contributed by atoms with van der Waals surface area (Å²) in [4.78, 5) is 16.7. The molecule has 0 spiro atoms. The summed E-state index contributed by atoms with van der Waals surface area (Å²) in [5.41, 5.74) is 4.70. The summed E-state index contributed by atoms with van der Waals surface area (Å²) in [6, 6.07) is 24.1. The standard InChI is InChI=1S/C40H55N3O5S/c1-5-7-19-40(20-8-6-2)27-49-35-18-17-31(43(3)4)22-34(35)37(38(40)45)29-15-12-16-30(21-29)41-39(46)42-36-24-32(23-33(25-44)48-36)47-26-28-13-10-9-11-14-28/h9-18,21-22,32-33,36-38,44-45H,5-8,19-20,23-27H2,1-4H3,(H2,41,42,46)/t32?,33?,36-,37-,38?/m1/s1. The predicted octanol–water partition coefficient (Wildman–Crippen LogP) is 7.92. The lowest BCUT2D eigenvalue weighted by Gasteiger charge is -2.41. The second-order valence-corrected chi connectivity index (χ2v) is 15.0. The van der Waals surface area contributed by atoms with Crippen molar-refractivity contribution >= 4 is 29.2 Å². The molecule has 9 heteroatoms. The van der Waals surface area contributed by atoms with Gasteiger partial charge in [-0.05, 0) is 59.9 Å². The Morgan fingerprint density at radius 2 is 1.76 bits per heavy atom. The number of hydrogen-bond donors (Lipinski definition) is 4. The molecule has 2 heterocycles. The lowest BCUT2D eigenvalue weighted by molar-refractivity contribution is -0.136. The maximum Gasteiger partial charge on any atom is 0.321 e. The smallest absolute Gasteiger partial charge is 0.321 e. The van der Waals surface area contributed by atoms with E-state index >= 15 is 0 Å². The average molecular weight is 690 g/mol. The van der Waals surface area contributed by atoms with E-state index in [1.54, 1.807) is 0 Å². The number of carbonyl (C=O) groups excluding carboxylic acids is 1. The van der Waals surface area contributed by atoms with Crippen molar-refractivity contribution in [3.05, 3.63) is 89.5 Å². The van der Waals surface area contributed by atoms with Crippen LogP contribution in [0.15, 0.2) is 77.7 Å². The van der Waals surface area contributed by atoms with Crippen LogP contribution in [0.2, 0.25) is 0 Å². The molecule has 3 aromatic rings. The molecule has 0 radical (unpaired) electrons. The highest BCUT2D eigenvalue weighted by Gasteiger charge is 2.45. The number of ether oxygens (including phenoxy) is 2. The lowest BCUT2D eigenvalue weighted by atomic mass is 9.68. The number of thioether (sulfide) groups is 1. The second kappa shape index (κ2) is 17.7. The minimum Gasteiger partial charge on any atom is -0.394 e. The Kier molecular flexibility index (Phi) is 13.4. The van der Waals surface area contributed by atoms with Crippen LogP contribution in [0.1, 0.15) is 87.8 Å². The van der Waals surface area contributed by atoms with E-state index in [1.165, 1.54) is 4.90 Å². The molecular formula is C40H55N3O5S. The molecule has 5 atom stereocenters. The van der Waals surface area contributed by atoms with Crippen LogP contribution in [0.3, 0.4) is 0 Å². The van der Waals surface area contributed by atoms with Crippen molar-refractivity contribution in [1.82, 2.24) is 5.32 Å². The van der Waals surface area contributed by atoms with Gasteiger partial charge in [-0.15, -0.1) is 11.8 Å². The quantitative estimate of drug-likeness (QED) is 0.136. The molecule has 4 N–H and O–H groups in total. The Morgan fingerprint density at radius 1 is 1.00 bits per heavy atom. The third kappa shape index (κ3) is 9.58. The number of fused-ring (bicyclic) bond motifs is 1. The summed E-state index contributed by atoms with van der Waals surface area (Å²) < 4.78 is 12.1. The Morgan fingerprint density at radius 3 is 2.45 bits per heavy atom. The molecule has 2 amide bonds. The molecule has 5 rings (SSSR count). The van der Waals surface area contributed by atoms with E-state index in [0.717, 1.165) is 66.7 Å². The number of carbonyl (C=O) groups is 1. The molecule has 1 saturated heterocycles. The summed E-state index contributed by atoms with van der Waals surface area (Å²) in [7, 11) is 4.09. The minimum atomic E-state index is -0.607. The van der Waals surface area contributed by atoms with Crippen molar-refractivity contribution < 1.29 is 24.5 Å². The summed E-state index contributed by atoms with van der Waals surface area (Å²) in [6.07, 6.45) is 5.55. The molecular weight excluding hydrogens is 635 g/mol. The van der Waals surface area contributed by atoms with Gasteiger partial charge in [0.25, 0.3) is 0 Å². The number of nitrogens with one attached hydrogen (secondary N) is 2. The summed E-state index contributed by atoms with van der Waals surface area (Å²) >= 11 is 1.88. The van der Waals surface area contributed by atoms with Crippen molar-refractivity contribution in [2.45, 2.75) is 107 Å². The molecule has 2 aliphatic heterocycles. The lowest BCUT2D eigenvalue weighted by Crippen LogP contribution is -2.48. The van der Waals surface area contributed by atoms with E-state index in [0.29, 0.717) is 25.1 Å². The molecule has 2 aliphatic rings. The van der Waals surface area contributed by atoms with Gasteiger partial charge in [-0.1, -0.05) is 82.0 Å². The van der Waals surface area contributed by atoms with Gasteiger partial charge in [0.1, 0.15) is 6.23 Å². The van der Waals surface area contributed by atoms with Gasteiger partial charge >= 0.3 is 6.03 Å². The second-order valence-electron chi connectivity index (χ2n) is 13.9. The number of hydrogen-bond acceptors (Lipinski definition) is 7. The van der Waals surface area contributed by atoms with E-state index in [2.05, 4.69) is 53.6 Å². The van der Waals surface area contributed by atoms with Crippen LogP contribution >= 0.6 is 11.8 Å². The molecule has 3 aromatic carbocycles. The molecule has 0 bridgehead atoms. The van der Waals surface area contributed by atoms with E-state index in [9.17, 15) is 15.0 Å². The van der Waals surface area contributed by atoms with Crippen LogP contribution in [0.5, 0.6) is 0 Å². The fourth-order valence-corrected chi connectivity index (χ4v) is 8.65. The number of rotatable bonds is 14. The minimum absolute atomic E-state index is 0.149. The number of nitrogens with zero attached hydrogens (tertiary/aromatic N) is 1. The number of aliphatic hydroxyl groups is 2. The first-order valence-corrected chi connectivity index (χ1v) is 18.9. The van der Waals surface area contributed by atoms with E-state index in [-0.39, 0.29) is 24.0 Å². The number of benzene rings is 3. The van der Waals surface area contributed by atoms with Crippen molar-refractivity contribution in [1.29, 1.82) is 0 Å². The zero-order chi connectivity index (χ0) is 34.8. The van der Waals surface area contributed by atoms with E-state index in [4.69, 9.17) is 9.47 Å². The zero-order valence-corrected chi connectivity index (χ0v) is 30.4. The zero-order valence-electron chi connectivity index (χ0n) is 29.6. The molecule has 266 valence electrons. The van der Waals surface area contributed by atoms with Crippen LogP contribution in [-0.4, -0.2) is 67.2 Å². The van der Waals surface area contributed by atoms with Crippen molar-refractivity contribution in [2.24, 2.45) is 5.41 Å². The van der Waals surface area contributed by atoms with Crippen molar-refractivity contribution in [2.75, 3.05) is 36.7 Å². The maximum atomic E-state index is 13.4. The average Bonchev–Trinajstić information content (AvgIpc) is 3.22. The van der Waals surface area contributed by atoms with Crippen molar-refractivity contribution in [3.8, 4) is 0 Å². The number of amides is 2. The van der Waals surface area contributed by atoms with Gasteiger partial charge in [0.05, 0.1) is 31.5 Å². The number of unbranched alkanes of at least 4 members (excludes halogenated alkanes) is 2. The third-order valence-electron chi connectivity index (χ3n) is 10.0. The highest BCUT2D eigenvalue weighted by molar-refractivity contribution is 7.99. The summed E-state index contributed by atoms with van der Waals surface area (Å²) in [5, 5.41) is 28.4. The first kappa shape index (κ1) is 37.2. The molecule has 49 heavy (non-hydrogen) atoms. The number of anilines is 2. The number of aliphatic hydroxyl groups excluding tert-OH is 2. The van der Waals surface area contributed by atoms with Gasteiger partial charge < -0.3 is 35.2 Å². The summed E-state index contributed by atoms with van der Waals surface area (Å²) in [5.74, 6) is 0.629. The van der Waals surface area contributed by atoms with Gasteiger partial charge in [0.15, 0.2) is 0 Å². The Bertz CT molecular complexity index is 1480. The van der Waals surface area contributed by atoms with Gasteiger partial charge in [-0.25, -0.2) is 4.79 Å². The molecule has 0 saturated carbocycles. The topological polar surface area (TPSA) is 103 Å². The van der Waals surface area contributed by atoms with Crippen LogP contribution in [0, 0.1) is 5.41 Å². The molecule has 0 aliphatic carbocycles. The highest BCUT2D eigenvalue weighted by Crippen LogP contribution is 2.52. The van der Waals surface area contributed by atoms with Gasteiger partial charge in [0.2, 0.25) is 0 Å². The Balaban J connectivity index is 1.36. The van der Waals surface area contributed by atoms with Crippen molar-refractivity contribution in [3.63, 3.8) is 0 Å². The van der Waals surface area contributed by atoms with Crippen LogP contribution in [-0.2, 0) is 16.1 Å². The molecule has 0 aromatic heterocycles. The first-order valence-electron chi connectivity index (χ1n) is 18.0. The first-order chi connectivity index (χ1) is 23.7. The van der Waals surface area contributed by atoms with E-state index in [1.807, 2.05) is 74.4 Å². The third-order valence-corrected chi connectivity index (χ3v) is 11.4. The fraction of sp³-hybridized carbons (Fsp3) is 0.525. The van der Waals surface area contributed by atoms with Crippen LogP contribution < -0.4 is 15.5 Å². The predicted molar refractivity (Wildman–Crippen MR) is 199 cm³/mol. The number of urea groups is 1. The highest BCUT2D eigenvalue weighted by atomic mass is 32.2. The maximum absolute atomic E-state index is 13.4. The molecule has 8 nitrogen and oxygen atoms in total. The fourth-order valence-electron chi connectivity index (χ4n) is 7.23. The van der Waals surface area contributed by atoms with Gasteiger partial charge in [-0.2, -0.15) is 0 Å². The Labute approximate surface area is 297 Å². The normalized spacial score (nSPS) is 23.3. The van der Waals surface area contributed by atoms with Gasteiger partial charge in [-0.3, -0.25) is 0 Å².